The van der Waals surface area contributed by atoms with Crippen molar-refractivity contribution in [3.63, 3.8) is 0 Å². The fourth-order valence-electron chi connectivity index (χ4n) is 2.45. The molecular weight excluding hydrogens is 370 g/mol. The zero-order valence-corrected chi connectivity index (χ0v) is 15.7. The summed E-state index contributed by atoms with van der Waals surface area (Å²) in [5.74, 6) is -0.168. The number of pyridine rings is 1. The number of benzene rings is 2. The number of carbonyl (C=O) groups is 2. The number of nitrogens with zero attached hydrogens (tertiary/aromatic N) is 2. The highest BCUT2D eigenvalue weighted by atomic mass is 16.5. The van der Waals surface area contributed by atoms with Crippen molar-refractivity contribution in [1.29, 1.82) is 0 Å². The second-order valence-electron chi connectivity index (χ2n) is 5.93. The molecule has 0 bridgehead atoms. The highest BCUT2D eigenvalue weighted by Crippen LogP contribution is 2.18. The Morgan fingerprint density at radius 2 is 1.79 bits per heavy atom. The van der Waals surface area contributed by atoms with Crippen molar-refractivity contribution in [3.8, 4) is 5.75 Å². The number of carbonyl (C=O) groups excluding carboxylic acids is 2. The van der Waals surface area contributed by atoms with Gasteiger partial charge in [0.15, 0.2) is 0 Å². The lowest BCUT2D eigenvalue weighted by Crippen LogP contribution is -2.18. The van der Waals surface area contributed by atoms with E-state index in [0.29, 0.717) is 23.5 Å². The maximum atomic E-state index is 12.0. The maximum Gasteiger partial charge on any atom is 0.337 e. The van der Waals surface area contributed by atoms with Gasteiger partial charge in [0.2, 0.25) is 0 Å². The Balaban J connectivity index is 1.61. The molecule has 0 aliphatic heterocycles. The fourth-order valence-corrected chi connectivity index (χ4v) is 2.45. The lowest BCUT2D eigenvalue weighted by molar-refractivity contribution is 0.0600. The summed E-state index contributed by atoms with van der Waals surface area (Å²) in [5.41, 5.74) is 4.81. The molecular formula is C22H19N3O4. The lowest BCUT2D eigenvalue weighted by Gasteiger charge is -2.09. The third kappa shape index (κ3) is 5.49. The third-order valence-electron chi connectivity index (χ3n) is 3.96. The number of nitrogens with one attached hydrogen (secondary N) is 1. The normalized spacial score (nSPS) is 10.5. The molecule has 0 saturated heterocycles. The number of esters is 1. The Labute approximate surface area is 168 Å². The monoisotopic (exact) mass is 389 g/mol. The average Bonchev–Trinajstić information content (AvgIpc) is 2.78. The Kier molecular flexibility index (Phi) is 6.67. The van der Waals surface area contributed by atoms with Crippen LogP contribution in [0.25, 0.3) is 0 Å². The number of ether oxygens (including phenoxy) is 2. The number of hydrazone groups is 1. The van der Waals surface area contributed by atoms with Gasteiger partial charge in [-0.1, -0.05) is 30.3 Å². The summed E-state index contributed by atoms with van der Waals surface area (Å²) in [4.78, 5) is 27.4. The number of aromatic nitrogens is 1. The van der Waals surface area contributed by atoms with Crippen LogP contribution in [0.15, 0.2) is 78.0 Å². The van der Waals surface area contributed by atoms with Gasteiger partial charge in [-0.2, -0.15) is 5.10 Å². The topological polar surface area (TPSA) is 89.9 Å². The number of hydrogen-bond donors (Lipinski definition) is 1. The molecule has 7 heteroatoms. The van der Waals surface area contributed by atoms with Crippen LogP contribution in [0.3, 0.4) is 0 Å². The van der Waals surface area contributed by atoms with Crippen molar-refractivity contribution >= 4 is 18.1 Å². The summed E-state index contributed by atoms with van der Waals surface area (Å²) in [6.45, 7) is 0.312. The van der Waals surface area contributed by atoms with Crippen molar-refractivity contribution < 1.29 is 19.1 Å². The van der Waals surface area contributed by atoms with Gasteiger partial charge in [0, 0.05) is 11.8 Å². The van der Waals surface area contributed by atoms with E-state index in [-0.39, 0.29) is 11.7 Å². The van der Waals surface area contributed by atoms with E-state index in [1.165, 1.54) is 13.3 Å². The predicted molar refractivity (Wildman–Crippen MR) is 108 cm³/mol. The summed E-state index contributed by atoms with van der Waals surface area (Å²) in [5, 5.41) is 3.98. The van der Waals surface area contributed by atoms with E-state index < -0.39 is 5.91 Å². The second-order valence-corrected chi connectivity index (χ2v) is 5.93. The van der Waals surface area contributed by atoms with Gasteiger partial charge in [-0.15, -0.1) is 0 Å². The van der Waals surface area contributed by atoms with E-state index in [0.717, 1.165) is 5.56 Å². The van der Waals surface area contributed by atoms with Crippen LogP contribution >= 0.6 is 0 Å². The summed E-state index contributed by atoms with van der Waals surface area (Å²) in [6, 6.07) is 19.4. The lowest BCUT2D eigenvalue weighted by atomic mass is 10.1. The molecule has 1 aromatic heterocycles. The summed E-state index contributed by atoms with van der Waals surface area (Å²) in [6.07, 6.45) is 3.05. The summed E-state index contributed by atoms with van der Waals surface area (Å²) in [7, 11) is 1.34. The molecule has 0 saturated carbocycles. The van der Waals surface area contributed by atoms with Crippen molar-refractivity contribution in [2.75, 3.05) is 7.11 Å². The standard InChI is InChI=1S/C22H19N3O4/c1-28-22(27)17-11-9-16(10-12-17)15-29-20-8-3-2-6-18(20)14-24-25-21(26)19-7-4-5-13-23-19/h2-14H,15H2,1H3,(H,25,26)/b24-14+. The minimum atomic E-state index is -0.397. The molecule has 1 heterocycles. The smallest absolute Gasteiger partial charge is 0.337 e. The summed E-state index contributed by atoms with van der Waals surface area (Å²) < 4.78 is 10.5. The molecule has 0 aliphatic carbocycles. The number of hydrogen-bond acceptors (Lipinski definition) is 6. The molecule has 3 aromatic rings. The first-order valence-corrected chi connectivity index (χ1v) is 8.81. The van der Waals surface area contributed by atoms with E-state index >= 15 is 0 Å². The average molecular weight is 389 g/mol. The Morgan fingerprint density at radius 3 is 2.52 bits per heavy atom. The minimum Gasteiger partial charge on any atom is -0.488 e. The minimum absolute atomic E-state index is 0.282. The molecule has 0 fully saturated rings. The number of methoxy groups -OCH3 is 1. The van der Waals surface area contributed by atoms with Crippen LogP contribution in [0, 0.1) is 0 Å². The van der Waals surface area contributed by atoms with Crippen LogP contribution in [0.4, 0.5) is 0 Å². The molecule has 7 nitrogen and oxygen atoms in total. The van der Waals surface area contributed by atoms with E-state index in [9.17, 15) is 9.59 Å². The van der Waals surface area contributed by atoms with Gasteiger partial charge >= 0.3 is 5.97 Å². The number of para-hydroxylation sites is 1. The largest absolute Gasteiger partial charge is 0.488 e. The van der Waals surface area contributed by atoms with E-state index in [4.69, 9.17) is 4.74 Å². The van der Waals surface area contributed by atoms with Crippen LogP contribution < -0.4 is 10.2 Å². The van der Waals surface area contributed by atoms with Gasteiger partial charge in [0.1, 0.15) is 18.1 Å². The molecule has 3 rings (SSSR count). The quantitative estimate of drug-likeness (QED) is 0.381. The van der Waals surface area contributed by atoms with Gasteiger partial charge in [-0.3, -0.25) is 9.78 Å². The van der Waals surface area contributed by atoms with E-state index in [1.54, 1.807) is 48.7 Å². The van der Waals surface area contributed by atoms with Gasteiger partial charge in [-0.25, -0.2) is 10.2 Å². The van der Waals surface area contributed by atoms with Crippen LogP contribution in [0.1, 0.15) is 32.0 Å². The first kappa shape index (κ1) is 19.8. The van der Waals surface area contributed by atoms with Crippen LogP contribution in [0.2, 0.25) is 0 Å². The van der Waals surface area contributed by atoms with Crippen molar-refractivity contribution in [3.05, 3.63) is 95.3 Å². The molecule has 0 atom stereocenters. The SMILES string of the molecule is COC(=O)c1ccc(COc2ccccc2/C=N/NC(=O)c2ccccn2)cc1. The first-order valence-electron chi connectivity index (χ1n) is 8.81. The number of amides is 1. The molecule has 0 radical (unpaired) electrons. The van der Waals surface area contributed by atoms with Crippen LogP contribution in [0.5, 0.6) is 5.75 Å². The molecule has 0 unspecified atom stereocenters. The molecule has 1 amide bonds. The predicted octanol–water partition coefficient (Wildman–Crippen LogP) is 3.21. The van der Waals surface area contributed by atoms with Crippen molar-refractivity contribution in [1.82, 2.24) is 10.4 Å². The van der Waals surface area contributed by atoms with Crippen molar-refractivity contribution in [2.24, 2.45) is 5.10 Å². The zero-order chi connectivity index (χ0) is 20.5. The Bertz CT molecular complexity index is 1000. The molecule has 0 spiro atoms. The van der Waals surface area contributed by atoms with Gasteiger partial charge in [0.25, 0.3) is 5.91 Å². The number of rotatable bonds is 7. The zero-order valence-electron chi connectivity index (χ0n) is 15.7. The fraction of sp³-hybridized carbons (Fsp3) is 0.0909. The first-order chi connectivity index (χ1) is 14.2. The van der Waals surface area contributed by atoms with Gasteiger partial charge < -0.3 is 9.47 Å². The van der Waals surface area contributed by atoms with E-state index in [1.807, 2.05) is 24.3 Å². The molecule has 1 N–H and O–H groups in total. The molecule has 2 aromatic carbocycles. The molecule has 29 heavy (non-hydrogen) atoms. The maximum absolute atomic E-state index is 12.0. The third-order valence-corrected chi connectivity index (χ3v) is 3.96. The highest BCUT2D eigenvalue weighted by molar-refractivity contribution is 5.93. The second kappa shape index (κ2) is 9.80. The molecule has 0 aliphatic rings. The van der Waals surface area contributed by atoms with Crippen LogP contribution in [-0.2, 0) is 11.3 Å². The van der Waals surface area contributed by atoms with Gasteiger partial charge in [0.05, 0.1) is 18.9 Å². The Morgan fingerprint density at radius 1 is 1.03 bits per heavy atom. The highest BCUT2D eigenvalue weighted by Gasteiger charge is 2.07. The van der Waals surface area contributed by atoms with Gasteiger partial charge in [-0.05, 0) is 42.0 Å². The van der Waals surface area contributed by atoms with E-state index in [2.05, 4.69) is 20.2 Å². The van der Waals surface area contributed by atoms with Crippen LogP contribution in [-0.4, -0.2) is 30.2 Å². The summed E-state index contributed by atoms with van der Waals surface area (Å²) >= 11 is 0. The van der Waals surface area contributed by atoms with Crippen molar-refractivity contribution in [2.45, 2.75) is 6.61 Å². The Hall–Kier alpha value is -4.00. The molecule has 146 valence electrons.